The largest absolute Gasteiger partial charge is 0.356 e. The summed E-state index contributed by atoms with van der Waals surface area (Å²) in [5.74, 6) is 0. The van der Waals surface area contributed by atoms with E-state index in [2.05, 4.69) is 165 Å². The molecule has 1 heteroatoms. The molecule has 0 atom stereocenters. The van der Waals surface area contributed by atoms with Gasteiger partial charge in [0, 0.05) is 16.8 Å². The average molecular weight is 526 g/mol. The van der Waals surface area contributed by atoms with Crippen LogP contribution in [0, 0.1) is 0 Å². The Morgan fingerprint density at radius 3 is 1.59 bits per heavy atom. The van der Waals surface area contributed by atoms with Gasteiger partial charge in [0.05, 0.1) is 5.41 Å². The van der Waals surface area contributed by atoms with Crippen molar-refractivity contribution in [3.05, 3.63) is 179 Å². The van der Waals surface area contributed by atoms with Crippen molar-refractivity contribution in [2.45, 2.75) is 24.7 Å². The summed E-state index contributed by atoms with van der Waals surface area (Å²) in [6, 6.07) is 53.5. The first kappa shape index (κ1) is 24.0. The van der Waals surface area contributed by atoms with E-state index in [0.29, 0.717) is 0 Å². The summed E-state index contributed by atoms with van der Waals surface area (Å²) in [5, 5.41) is 3.77. The van der Waals surface area contributed by atoms with Gasteiger partial charge in [0.25, 0.3) is 0 Å². The average Bonchev–Trinajstić information content (AvgIpc) is 3.44. The highest BCUT2D eigenvalue weighted by Crippen LogP contribution is 2.56. The van der Waals surface area contributed by atoms with Gasteiger partial charge >= 0.3 is 0 Å². The Hall–Kier alpha value is -4.88. The van der Waals surface area contributed by atoms with E-state index in [4.69, 9.17) is 0 Å². The van der Waals surface area contributed by atoms with Crippen LogP contribution >= 0.6 is 0 Å². The molecular weight excluding hydrogens is 494 g/mol. The van der Waals surface area contributed by atoms with Crippen LogP contribution in [-0.2, 0) is 10.8 Å². The van der Waals surface area contributed by atoms with Crippen molar-refractivity contribution in [1.29, 1.82) is 0 Å². The maximum absolute atomic E-state index is 3.77. The molecule has 0 fully saturated rings. The number of rotatable bonds is 4. The molecule has 6 aromatic carbocycles. The van der Waals surface area contributed by atoms with E-state index in [-0.39, 0.29) is 5.41 Å². The Morgan fingerprint density at radius 2 is 0.902 bits per heavy atom. The molecule has 0 spiro atoms. The van der Waals surface area contributed by atoms with Crippen LogP contribution in [0.25, 0.3) is 22.3 Å². The summed E-state index contributed by atoms with van der Waals surface area (Å²) in [6.07, 6.45) is 0. The standard InChI is InChI=1S/C40H31N/c1-39(2)35-20-9-6-19-33(35)34-26-30(23-24-36(34)39)41-29-16-12-15-28(25-29)40(27-13-4-3-5-14-27)37-21-10-7-17-31(37)32-18-8-11-22-38(32)40/h3-26,41H,1-2H3. The molecule has 0 heterocycles. The van der Waals surface area contributed by atoms with Crippen LogP contribution < -0.4 is 5.32 Å². The quantitative estimate of drug-likeness (QED) is 0.241. The molecule has 2 aliphatic rings. The second-order valence-corrected chi connectivity index (χ2v) is 11.8. The monoisotopic (exact) mass is 525 g/mol. The SMILES string of the molecule is CC1(C)c2ccccc2-c2cc(Nc3cccc(C4(c5ccccc5)c5ccccc5-c5ccccc54)c3)ccc21. The minimum Gasteiger partial charge on any atom is -0.356 e. The summed E-state index contributed by atoms with van der Waals surface area (Å²) in [4.78, 5) is 0. The fourth-order valence-electron chi connectivity index (χ4n) is 7.51. The maximum Gasteiger partial charge on any atom is 0.0714 e. The van der Waals surface area contributed by atoms with Crippen LogP contribution in [0.5, 0.6) is 0 Å². The zero-order valence-corrected chi connectivity index (χ0v) is 23.4. The Bertz CT molecular complexity index is 1900. The maximum atomic E-state index is 3.77. The molecule has 0 saturated carbocycles. The van der Waals surface area contributed by atoms with Gasteiger partial charge in [0.2, 0.25) is 0 Å². The summed E-state index contributed by atoms with van der Waals surface area (Å²) >= 11 is 0. The molecule has 0 unspecified atom stereocenters. The first-order valence-electron chi connectivity index (χ1n) is 14.5. The first-order chi connectivity index (χ1) is 20.1. The van der Waals surface area contributed by atoms with Gasteiger partial charge in [-0.05, 0) is 79.9 Å². The zero-order valence-electron chi connectivity index (χ0n) is 23.4. The van der Waals surface area contributed by atoms with E-state index in [9.17, 15) is 0 Å². The van der Waals surface area contributed by atoms with Crippen LogP contribution in [0.15, 0.2) is 146 Å². The predicted molar refractivity (Wildman–Crippen MR) is 171 cm³/mol. The smallest absolute Gasteiger partial charge is 0.0714 e. The van der Waals surface area contributed by atoms with Gasteiger partial charge in [0.1, 0.15) is 0 Å². The van der Waals surface area contributed by atoms with Gasteiger partial charge in [-0.2, -0.15) is 0 Å². The van der Waals surface area contributed by atoms with Crippen molar-refractivity contribution >= 4 is 11.4 Å². The number of hydrogen-bond acceptors (Lipinski definition) is 1. The van der Waals surface area contributed by atoms with Crippen LogP contribution in [0.3, 0.4) is 0 Å². The second-order valence-electron chi connectivity index (χ2n) is 11.8. The van der Waals surface area contributed by atoms with E-state index >= 15 is 0 Å². The fourth-order valence-corrected chi connectivity index (χ4v) is 7.51. The van der Waals surface area contributed by atoms with E-state index in [1.54, 1.807) is 0 Å². The van der Waals surface area contributed by atoms with E-state index in [0.717, 1.165) is 11.4 Å². The Labute approximate surface area is 242 Å². The summed E-state index contributed by atoms with van der Waals surface area (Å²) in [5.41, 5.74) is 15.1. The molecule has 1 nitrogen and oxygen atoms in total. The van der Waals surface area contributed by atoms with Gasteiger partial charge in [-0.15, -0.1) is 0 Å². The minimum atomic E-state index is -0.396. The molecule has 6 aromatic rings. The molecular formula is C40H31N. The highest BCUT2D eigenvalue weighted by Gasteiger charge is 2.45. The third-order valence-electron chi connectivity index (χ3n) is 9.33. The van der Waals surface area contributed by atoms with Crippen molar-refractivity contribution in [2.75, 3.05) is 5.32 Å². The Morgan fingerprint density at radius 1 is 0.390 bits per heavy atom. The fraction of sp³-hybridized carbons (Fsp3) is 0.100. The molecule has 1 N–H and O–H groups in total. The number of fused-ring (bicyclic) bond motifs is 6. The normalized spacial score (nSPS) is 15.0. The molecule has 8 rings (SSSR count). The van der Waals surface area contributed by atoms with Gasteiger partial charge in [-0.25, -0.2) is 0 Å². The molecule has 41 heavy (non-hydrogen) atoms. The van der Waals surface area contributed by atoms with E-state index in [1.165, 1.54) is 55.6 Å². The molecule has 196 valence electrons. The first-order valence-corrected chi connectivity index (χ1v) is 14.5. The number of nitrogens with one attached hydrogen (secondary N) is 1. The van der Waals surface area contributed by atoms with Crippen LogP contribution in [0.4, 0.5) is 11.4 Å². The van der Waals surface area contributed by atoms with Gasteiger partial charge in [-0.1, -0.05) is 135 Å². The van der Waals surface area contributed by atoms with Crippen molar-refractivity contribution in [3.8, 4) is 22.3 Å². The summed E-state index contributed by atoms with van der Waals surface area (Å²) < 4.78 is 0. The lowest BCUT2D eigenvalue weighted by Crippen LogP contribution is -2.28. The van der Waals surface area contributed by atoms with Gasteiger partial charge < -0.3 is 5.32 Å². The van der Waals surface area contributed by atoms with Gasteiger partial charge in [0.15, 0.2) is 0 Å². The van der Waals surface area contributed by atoms with Gasteiger partial charge in [-0.3, -0.25) is 0 Å². The third kappa shape index (κ3) is 3.36. The molecule has 0 amide bonds. The van der Waals surface area contributed by atoms with Crippen LogP contribution in [0.1, 0.15) is 47.2 Å². The lowest BCUT2D eigenvalue weighted by molar-refractivity contribution is 0.660. The highest BCUT2D eigenvalue weighted by atomic mass is 14.9. The summed E-state index contributed by atoms with van der Waals surface area (Å²) in [6.45, 7) is 4.66. The van der Waals surface area contributed by atoms with Crippen molar-refractivity contribution in [1.82, 2.24) is 0 Å². The third-order valence-corrected chi connectivity index (χ3v) is 9.33. The molecule has 0 aliphatic heterocycles. The second kappa shape index (κ2) is 8.81. The van der Waals surface area contributed by atoms with Crippen molar-refractivity contribution < 1.29 is 0 Å². The van der Waals surface area contributed by atoms with E-state index < -0.39 is 5.41 Å². The zero-order chi connectivity index (χ0) is 27.6. The minimum absolute atomic E-state index is 0.00962. The highest BCUT2D eigenvalue weighted by molar-refractivity contribution is 5.87. The predicted octanol–water partition coefficient (Wildman–Crippen LogP) is 10.1. The number of hydrogen-bond donors (Lipinski definition) is 1. The summed E-state index contributed by atoms with van der Waals surface area (Å²) in [7, 11) is 0. The lowest BCUT2D eigenvalue weighted by Gasteiger charge is -2.34. The van der Waals surface area contributed by atoms with Crippen LogP contribution in [0.2, 0.25) is 0 Å². The molecule has 2 aliphatic carbocycles. The number of anilines is 2. The topological polar surface area (TPSA) is 12.0 Å². The van der Waals surface area contributed by atoms with E-state index in [1.807, 2.05) is 0 Å². The Balaban J connectivity index is 1.28. The lowest BCUT2D eigenvalue weighted by atomic mass is 9.67. The molecule has 0 bridgehead atoms. The number of benzene rings is 6. The Kier molecular flexibility index (Phi) is 5.15. The van der Waals surface area contributed by atoms with Crippen molar-refractivity contribution in [2.24, 2.45) is 0 Å². The van der Waals surface area contributed by atoms with Crippen molar-refractivity contribution in [3.63, 3.8) is 0 Å². The molecule has 0 saturated heterocycles. The molecule has 0 radical (unpaired) electrons. The molecule has 0 aromatic heterocycles. The van der Waals surface area contributed by atoms with Crippen LogP contribution in [-0.4, -0.2) is 0 Å².